The van der Waals surface area contributed by atoms with Gasteiger partial charge in [-0.15, -0.1) is 5.10 Å². The summed E-state index contributed by atoms with van der Waals surface area (Å²) >= 11 is 0. The maximum atomic E-state index is 12.7. The van der Waals surface area contributed by atoms with Crippen molar-refractivity contribution in [2.24, 2.45) is 16.4 Å². The van der Waals surface area contributed by atoms with E-state index in [9.17, 15) is 9.90 Å². The summed E-state index contributed by atoms with van der Waals surface area (Å²) in [5.74, 6) is 6.65. The minimum atomic E-state index is -0.332. The van der Waals surface area contributed by atoms with Gasteiger partial charge in [0.25, 0.3) is 5.91 Å². The number of rotatable bonds is 9. The Morgan fingerprint density at radius 2 is 1.92 bits per heavy atom. The Bertz CT molecular complexity index is 1160. The van der Waals surface area contributed by atoms with Crippen LogP contribution in [0.2, 0.25) is 0 Å². The van der Waals surface area contributed by atoms with E-state index in [2.05, 4.69) is 36.5 Å². The lowest BCUT2D eigenvalue weighted by atomic mass is 9.91. The molecule has 198 valence electrons. The fourth-order valence-electron chi connectivity index (χ4n) is 4.65. The second-order valence-corrected chi connectivity index (χ2v) is 10.2. The first-order chi connectivity index (χ1) is 17.7. The van der Waals surface area contributed by atoms with Crippen LogP contribution in [0.15, 0.2) is 59.9 Å². The van der Waals surface area contributed by atoms with Crippen LogP contribution >= 0.6 is 0 Å². The first kappa shape index (κ1) is 26.5. The van der Waals surface area contributed by atoms with Crippen LogP contribution in [0.4, 0.5) is 0 Å². The number of hydrazone groups is 1. The summed E-state index contributed by atoms with van der Waals surface area (Å²) in [6, 6.07) is 13.1. The monoisotopic (exact) mass is 508 g/mol. The van der Waals surface area contributed by atoms with E-state index in [0.29, 0.717) is 24.4 Å². The number of ether oxygens (including phenoxy) is 3. The molecule has 2 aliphatic heterocycles. The summed E-state index contributed by atoms with van der Waals surface area (Å²) < 4.78 is 16.8. The number of carbonyl (C=O) groups excluding carboxylic acids is 1. The summed E-state index contributed by atoms with van der Waals surface area (Å²) in [5.41, 5.74) is 3.02. The van der Waals surface area contributed by atoms with Crippen molar-refractivity contribution in [3.8, 4) is 11.5 Å². The lowest BCUT2D eigenvalue weighted by molar-refractivity contribution is -0.138. The topological polar surface area (TPSA) is 110 Å². The number of likely N-dealkylation sites (tertiary alicyclic amines) is 2. The summed E-state index contributed by atoms with van der Waals surface area (Å²) in [6.07, 6.45) is 0.912. The van der Waals surface area contributed by atoms with E-state index >= 15 is 0 Å². The highest BCUT2D eigenvalue weighted by Crippen LogP contribution is 2.31. The van der Waals surface area contributed by atoms with Crippen LogP contribution in [0.3, 0.4) is 0 Å². The van der Waals surface area contributed by atoms with E-state index in [4.69, 9.17) is 20.1 Å². The van der Waals surface area contributed by atoms with Crippen LogP contribution in [-0.2, 0) is 16.1 Å². The van der Waals surface area contributed by atoms with Gasteiger partial charge in [0.1, 0.15) is 17.6 Å². The number of amides is 1. The number of aliphatic hydroxyl groups is 1. The quantitative estimate of drug-likeness (QED) is 0.134. The third-order valence-corrected chi connectivity index (χ3v) is 7.08. The Labute approximate surface area is 218 Å². The molecule has 0 bridgehead atoms. The zero-order valence-corrected chi connectivity index (χ0v) is 21.8. The van der Waals surface area contributed by atoms with Crippen LogP contribution in [-0.4, -0.2) is 72.7 Å². The van der Waals surface area contributed by atoms with Gasteiger partial charge in [-0.2, -0.15) is 0 Å². The number of carbonyl (C=O) groups is 1. The predicted octanol–water partition coefficient (Wildman–Crippen LogP) is 2.65. The Kier molecular flexibility index (Phi) is 8.04. The Morgan fingerprint density at radius 3 is 2.51 bits per heavy atom. The van der Waals surface area contributed by atoms with Gasteiger partial charge in [0.05, 0.1) is 20.2 Å². The highest BCUT2D eigenvalue weighted by molar-refractivity contribution is 6.00. The van der Waals surface area contributed by atoms with Crippen molar-refractivity contribution in [1.29, 1.82) is 0 Å². The number of aryl methyl sites for hydroxylation is 1. The lowest BCUT2D eigenvalue weighted by Crippen LogP contribution is -2.56. The Morgan fingerprint density at radius 1 is 1.22 bits per heavy atom. The van der Waals surface area contributed by atoms with Gasteiger partial charge in [-0.3, -0.25) is 9.69 Å². The molecule has 4 rings (SSSR count). The summed E-state index contributed by atoms with van der Waals surface area (Å²) in [7, 11) is 1.58. The first-order valence-electron chi connectivity index (χ1n) is 12.4. The highest BCUT2D eigenvalue weighted by atomic mass is 16.5. The fourth-order valence-corrected chi connectivity index (χ4v) is 4.65. The van der Waals surface area contributed by atoms with Crippen LogP contribution in [0, 0.1) is 12.3 Å². The largest absolute Gasteiger partial charge is 0.497 e. The van der Waals surface area contributed by atoms with Crippen molar-refractivity contribution in [3.05, 3.63) is 71.5 Å². The lowest BCUT2D eigenvalue weighted by Gasteiger charge is -2.39. The van der Waals surface area contributed by atoms with Gasteiger partial charge in [0.15, 0.2) is 5.76 Å². The van der Waals surface area contributed by atoms with Gasteiger partial charge in [-0.1, -0.05) is 19.6 Å². The third kappa shape index (κ3) is 6.23. The molecular weight excluding hydrogens is 472 g/mol. The van der Waals surface area contributed by atoms with E-state index in [0.717, 1.165) is 37.4 Å². The van der Waals surface area contributed by atoms with Gasteiger partial charge in [0, 0.05) is 30.7 Å². The van der Waals surface area contributed by atoms with Crippen molar-refractivity contribution in [3.63, 3.8) is 0 Å². The molecule has 0 aliphatic carbocycles. The molecule has 2 saturated heterocycles. The number of aliphatic hydroxyl groups excluding tert-OH is 1. The van der Waals surface area contributed by atoms with Crippen LogP contribution in [0.25, 0.3) is 0 Å². The van der Waals surface area contributed by atoms with Crippen LogP contribution in [0.5, 0.6) is 11.5 Å². The second-order valence-electron chi connectivity index (χ2n) is 10.2. The maximum Gasteiger partial charge on any atom is 0.289 e. The smallest absolute Gasteiger partial charge is 0.289 e. The summed E-state index contributed by atoms with van der Waals surface area (Å²) in [5, 5.41) is 13.3. The van der Waals surface area contributed by atoms with Gasteiger partial charge >= 0.3 is 0 Å². The molecule has 2 fully saturated rings. The molecule has 1 amide bonds. The molecule has 9 heteroatoms. The van der Waals surface area contributed by atoms with Crippen molar-refractivity contribution in [1.82, 2.24) is 9.80 Å². The normalized spacial score (nSPS) is 20.4. The van der Waals surface area contributed by atoms with Gasteiger partial charge in [-0.05, 0) is 67.4 Å². The number of hydrogen-bond donors (Lipinski definition) is 2. The van der Waals surface area contributed by atoms with E-state index in [1.54, 1.807) is 36.3 Å². The summed E-state index contributed by atoms with van der Waals surface area (Å²) in [6.45, 7) is 11.8. The second kappa shape index (κ2) is 11.2. The van der Waals surface area contributed by atoms with Crippen molar-refractivity contribution in [2.75, 3.05) is 39.9 Å². The Balaban J connectivity index is 1.25. The average Bonchev–Trinajstić information content (AvgIpc) is 3.26. The molecule has 0 aromatic heterocycles. The molecular formula is C28H36N4O5. The SMILES string of the molecule is C=C(O/C(=N\N)c1ccc(OC)cc1)C(=O)N1CC(Oc2ccc(CN3CCC(C)(CO)C3)c(C)c2)C1. The molecule has 37 heavy (non-hydrogen) atoms. The number of hydrogen-bond acceptors (Lipinski definition) is 8. The van der Waals surface area contributed by atoms with E-state index < -0.39 is 0 Å². The molecule has 9 nitrogen and oxygen atoms in total. The molecule has 2 heterocycles. The van der Waals surface area contributed by atoms with Gasteiger partial charge in [0.2, 0.25) is 5.90 Å². The molecule has 0 saturated carbocycles. The highest BCUT2D eigenvalue weighted by Gasteiger charge is 2.35. The molecule has 2 aliphatic rings. The standard InChI is InChI=1S/C28H36N4O5/c1-19-13-24(10-7-22(19)14-31-12-11-28(3,17-31)18-33)37-25-15-32(16-25)27(34)20(2)36-26(30-29)21-5-8-23(35-4)9-6-21/h5-10,13,25,33H,2,11-12,14-18,29H2,1,3-4H3/b30-26-. The van der Waals surface area contributed by atoms with Crippen LogP contribution < -0.4 is 15.3 Å². The average molecular weight is 509 g/mol. The predicted molar refractivity (Wildman–Crippen MR) is 141 cm³/mol. The molecule has 3 N–H and O–H groups in total. The minimum Gasteiger partial charge on any atom is -0.497 e. The number of nitrogens with zero attached hydrogens (tertiary/aromatic N) is 3. The maximum absolute atomic E-state index is 12.7. The van der Waals surface area contributed by atoms with Crippen LogP contribution in [0.1, 0.15) is 30.0 Å². The Hall–Kier alpha value is -3.56. The summed E-state index contributed by atoms with van der Waals surface area (Å²) in [4.78, 5) is 16.7. The fraction of sp³-hybridized carbons (Fsp3) is 0.429. The van der Waals surface area contributed by atoms with E-state index in [1.807, 2.05) is 12.1 Å². The first-order valence-corrected chi connectivity index (χ1v) is 12.4. The van der Waals surface area contributed by atoms with Crippen molar-refractivity contribution < 1.29 is 24.1 Å². The molecule has 0 spiro atoms. The molecule has 0 radical (unpaired) electrons. The van der Waals surface area contributed by atoms with Gasteiger partial charge in [-0.25, -0.2) is 0 Å². The van der Waals surface area contributed by atoms with Crippen molar-refractivity contribution in [2.45, 2.75) is 32.9 Å². The molecule has 1 unspecified atom stereocenters. The van der Waals surface area contributed by atoms with E-state index in [1.165, 1.54) is 5.56 Å². The number of benzene rings is 2. The molecule has 1 atom stereocenters. The number of nitrogens with two attached hydrogens (primary N) is 1. The zero-order chi connectivity index (χ0) is 26.6. The molecule has 2 aromatic rings. The zero-order valence-electron chi connectivity index (χ0n) is 21.8. The third-order valence-electron chi connectivity index (χ3n) is 7.08. The van der Waals surface area contributed by atoms with Gasteiger partial charge < -0.3 is 30.1 Å². The van der Waals surface area contributed by atoms with Crippen molar-refractivity contribution >= 4 is 11.8 Å². The molecule has 2 aromatic carbocycles. The minimum absolute atomic E-state index is 0.00476. The van der Waals surface area contributed by atoms with E-state index in [-0.39, 0.29) is 35.7 Å². The number of methoxy groups -OCH3 is 1.